The second kappa shape index (κ2) is 7.10. The van der Waals surface area contributed by atoms with E-state index in [9.17, 15) is 13.4 Å². The van der Waals surface area contributed by atoms with E-state index in [1.165, 1.54) is 24.3 Å². The first kappa shape index (κ1) is 13.8. The fraction of sp³-hybridized carbons (Fsp3) is 0.300. The van der Waals surface area contributed by atoms with Gasteiger partial charge in [0, 0.05) is 13.0 Å². The number of hydrogen-bond acceptors (Lipinski definition) is 3. The van der Waals surface area contributed by atoms with Gasteiger partial charge in [0.25, 0.3) is 0 Å². The smallest absolute Gasteiger partial charge is 0.233 e. The summed E-state index contributed by atoms with van der Waals surface area (Å²) in [5.74, 6) is 4.27. The molecule has 0 aromatic heterocycles. The summed E-state index contributed by atoms with van der Waals surface area (Å²) in [6, 6.07) is 5.39. The highest BCUT2D eigenvalue weighted by atomic mass is 32.2. The van der Waals surface area contributed by atoms with Crippen molar-refractivity contribution in [2.24, 2.45) is 5.84 Å². The first-order chi connectivity index (χ1) is 8.13. The van der Waals surface area contributed by atoms with Crippen LogP contribution in [0.2, 0.25) is 0 Å². The van der Waals surface area contributed by atoms with Crippen LogP contribution < -0.4 is 16.0 Å². The number of hydrogen-bond donors (Lipinski definition) is 3. The van der Waals surface area contributed by atoms with Gasteiger partial charge in [-0.15, -0.1) is 0 Å². The van der Waals surface area contributed by atoms with Gasteiger partial charge in [0.05, 0.1) is 4.90 Å². The van der Waals surface area contributed by atoms with Gasteiger partial charge in [-0.2, -0.15) is 0 Å². The summed E-state index contributed by atoms with van der Waals surface area (Å²) in [6.45, 7) is 0.414. The third-order valence-electron chi connectivity index (χ3n) is 2.00. The second-order valence-corrected chi connectivity index (χ2v) is 4.59. The predicted molar refractivity (Wildman–Crippen MR) is 62.4 cm³/mol. The van der Waals surface area contributed by atoms with Gasteiger partial charge in [0.15, 0.2) is 0 Å². The van der Waals surface area contributed by atoms with Crippen molar-refractivity contribution >= 4 is 16.9 Å². The molecule has 7 heteroatoms. The SMILES string of the molecule is NNC(=O)CCCNS(=O)c1ccc(F)cc1. The van der Waals surface area contributed by atoms with Gasteiger partial charge in [-0.3, -0.25) is 10.2 Å². The van der Waals surface area contributed by atoms with Crippen molar-refractivity contribution in [1.82, 2.24) is 10.1 Å². The van der Waals surface area contributed by atoms with Crippen LogP contribution >= 0.6 is 0 Å². The number of benzene rings is 1. The molecule has 1 aromatic rings. The van der Waals surface area contributed by atoms with Gasteiger partial charge in [0.2, 0.25) is 5.91 Å². The van der Waals surface area contributed by atoms with Crippen molar-refractivity contribution in [3.05, 3.63) is 30.1 Å². The minimum absolute atomic E-state index is 0.264. The van der Waals surface area contributed by atoms with E-state index in [0.717, 1.165) is 0 Å². The van der Waals surface area contributed by atoms with E-state index in [0.29, 0.717) is 17.9 Å². The summed E-state index contributed by atoms with van der Waals surface area (Å²) in [5.41, 5.74) is 2.01. The Hall–Kier alpha value is -1.31. The molecular formula is C10H14FN3O2S. The van der Waals surface area contributed by atoms with E-state index < -0.39 is 11.0 Å². The average Bonchev–Trinajstić information content (AvgIpc) is 2.34. The quantitative estimate of drug-likeness (QED) is 0.295. The molecule has 0 aliphatic heterocycles. The second-order valence-electron chi connectivity index (χ2n) is 3.29. The molecule has 1 atom stereocenters. The maximum absolute atomic E-state index is 12.6. The Morgan fingerprint density at radius 1 is 1.35 bits per heavy atom. The van der Waals surface area contributed by atoms with Crippen molar-refractivity contribution in [2.75, 3.05) is 6.54 Å². The van der Waals surface area contributed by atoms with Crippen molar-refractivity contribution < 1.29 is 13.4 Å². The van der Waals surface area contributed by atoms with Crippen molar-refractivity contribution in [3.63, 3.8) is 0 Å². The van der Waals surface area contributed by atoms with Crippen LogP contribution in [0.25, 0.3) is 0 Å². The molecule has 1 amide bonds. The first-order valence-corrected chi connectivity index (χ1v) is 6.19. The highest BCUT2D eigenvalue weighted by Gasteiger charge is 2.04. The van der Waals surface area contributed by atoms with Gasteiger partial charge in [-0.05, 0) is 30.7 Å². The molecule has 0 aliphatic rings. The number of carbonyl (C=O) groups excluding carboxylic acids is 1. The summed E-state index contributed by atoms with van der Waals surface area (Å²) in [4.78, 5) is 11.3. The van der Waals surface area contributed by atoms with E-state index in [1.54, 1.807) is 0 Å². The summed E-state index contributed by atoms with van der Waals surface area (Å²) in [6.07, 6.45) is 0.792. The van der Waals surface area contributed by atoms with Crippen LogP contribution in [0.1, 0.15) is 12.8 Å². The number of hydrazine groups is 1. The molecular weight excluding hydrogens is 245 g/mol. The van der Waals surface area contributed by atoms with Crippen molar-refractivity contribution in [2.45, 2.75) is 17.7 Å². The minimum Gasteiger partial charge on any atom is -0.294 e. The minimum atomic E-state index is -1.39. The molecule has 0 aliphatic carbocycles. The Labute approximate surface area is 101 Å². The number of amides is 1. The van der Waals surface area contributed by atoms with Crippen LogP contribution in [0.4, 0.5) is 4.39 Å². The standard InChI is InChI=1S/C10H14FN3O2S/c11-8-3-5-9(6-4-8)17(16)13-7-1-2-10(15)14-12/h3-6,13H,1-2,7,12H2,(H,14,15). The molecule has 0 saturated carbocycles. The largest absolute Gasteiger partial charge is 0.294 e. The molecule has 1 unspecified atom stereocenters. The molecule has 0 radical (unpaired) electrons. The monoisotopic (exact) mass is 259 g/mol. The average molecular weight is 259 g/mol. The molecule has 1 aromatic carbocycles. The maximum Gasteiger partial charge on any atom is 0.233 e. The lowest BCUT2D eigenvalue weighted by atomic mass is 10.3. The Morgan fingerprint density at radius 3 is 2.59 bits per heavy atom. The molecule has 0 bridgehead atoms. The number of carbonyl (C=O) groups is 1. The highest BCUT2D eigenvalue weighted by molar-refractivity contribution is 7.83. The molecule has 17 heavy (non-hydrogen) atoms. The van der Waals surface area contributed by atoms with E-state index >= 15 is 0 Å². The summed E-state index contributed by atoms with van der Waals surface area (Å²) < 4.78 is 27.0. The highest BCUT2D eigenvalue weighted by Crippen LogP contribution is 2.06. The topological polar surface area (TPSA) is 84.2 Å². The summed E-state index contributed by atoms with van der Waals surface area (Å²) in [7, 11) is -1.39. The van der Waals surface area contributed by atoms with Gasteiger partial charge < -0.3 is 0 Å². The molecule has 0 saturated heterocycles. The third kappa shape index (κ3) is 5.03. The lowest BCUT2D eigenvalue weighted by Crippen LogP contribution is -2.30. The molecule has 0 spiro atoms. The lowest BCUT2D eigenvalue weighted by molar-refractivity contribution is -0.121. The Morgan fingerprint density at radius 2 is 2.00 bits per heavy atom. The third-order valence-corrected chi connectivity index (χ3v) is 3.17. The van der Waals surface area contributed by atoms with Gasteiger partial charge in [-0.1, -0.05) is 0 Å². The molecule has 5 nitrogen and oxygen atoms in total. The normalized spacial score (nSPS) is 12.1. The van der Waals surface area contributed by atoms with Gasteiger partial charge in [-0.25, -0.2) is 19.2 Å². The zero-order valence-electron chi connectivity index (χ0n) is 9.11. The fourth-order valence-electron chi connectivity index (χ4n) is 1.13. The summed E-state index contributed by atoms with van der Waals surface area (Å²) >= 11 is 0. The molecule has 4 N–H and O–H groups in total. The lowest BCUT2D eigenvalue weighted by Gasteiger charge is -2.04. The predicted octanol–water partition coefficient (Wildman–Crippen LogP) is 0.208. The number of nitrogens with one attached hydrogen (secondary N) is 2. The van der Waals surface area contributed by atoms with Gasteiger partial charge >= 0.3 is 0 Å². The van der Waals surface area contributed by atoms with Crippen LogP contribution in [-0.2, 0) is 15.8 Å². The van der Waals surface area contributed by atoms with E-state index in [2.05, 4.69) is 4.72 Å². The molecule has 94 valence electrons. The van der Waals surface area contributed by atoms with Crippen molar-refractivity contribution in [1.29, 1.82) is 0 Å². The zero-order chi connectivity index (χ0) is 12.7. The van der Waals surface area contributed by atoms with E-state index in [-0.39, 0.29) is 18.1 Å². The van der Waals surface area contributed by atoms with Crippen LogP contribution in [-0.4, -0.2) is 16.7 Å². The number of halogens is 1. The Kier molecular flexibility index (Phi) is 5.75. The van der Waals surface area contributed by atoms with Crippen molar-refractivity contribution in [3.8, 4) is 0 Å². The van der Waals surface area contributed by atoms with Crippen LogP contribution in [0.15, 0.2) is 29.2 Å². The molecule has 0 fully saturated rings. The van der Waals surface area contributed by atoms with Gasteiger partial charge in [0.1, 0.15) is 16.8 Å². The molecule has 0 heterocycles. The Bertz CT molecular complexity index is 397. The van der Waals surface area contributed by atoms with Crippen LogP contribution in [0.5, 0.6) is 0 Å². The summed E-state index contributed by atoms with van der Waals surface area (Å²) in [5, 5.41) is 0. The maximum atomic E-state index is 12.6. The van der Waals surface area contributed by atoms with Crippen LogP contribution in [0.3, 0.4) is 0 Å². The van der Waals surface area contributed by atoms with Crippen LogP contribution in [0, 0.1) is 5.82 Å². The van der Waals surface area contributed by atoms with E-state index in [4.69, 9.17) is 5.84 Å². The number of nitrogens with two attached hydrogens (primary N) is 1. The number of rotatable bonds is 6. The Balaban J connectivity index is 2.30. The fourth-order valence-corrected chi connectivity index (χ4v) is 2.01. The van der Waals surface area contributed by atoms with E-state index in [1.807, 2.05) is 5.43 Å². The first-order valence-electron chi connectivity index (χ1n) is 5.04. The zero-order valence-corrected chi connectivity index (χ0v) is 9.93. The molecule has 1 rings (SSSR count).